The van der Waals surface area contributed by atoms with E-state index in [4.69, 9.17) is 4.42 Å². The molecule has 0 aliphatic rings. The van der Waals surface area contributed by atoms with E-state index in [1.54, 1.807) is 0 Å². The normalized spacial score (nSPS) is 11.8. The molecule has 248 valence electrons. The molecule has 0 radical (unpaired) electrons. The maximum atomic E-state index is 6.57. The van der Waals surface area contributed by atoms with Crippen molar-refractivity contribution in [2.24, 2.45) is 0 Å². The Kier molecular flexibility index (Phi) is 6.55. The molecule has 0 aliphatic heterocycles. The molecule has 0 atom stereocenters. The number of benzene rings is 9. The lowest BCUT2D eigenvalue weighted by atomic mass is 10.0. The third-order valence-corrected chi connectivity index (χ3v) is 10.7. The van der Waals surface area contributed by atoms with E-state index in [9.17, 15) is 0 Å². The first-order chi connectivity index (χ1) is 26.3. The molecule has 0 unspecified atom stereocenters. The van der Waals surface area contributed by atoms with Crippen molar-refractivity contribution >= 4 is 82.4 Å². The van der Waals surface area contributed by atoms with E-state index < -0.39 is 0 Å². The topological polar surface area (TPSA) is 21.3 Å². The van der Waals surface area contributed by atoms with E-state index in [1.807, 2.05) is 0 Å². The molecular formula is C50H32N2O. The summed E-state index contributed by atoms with van der Waals surface area (Å²) in [4.78, 5) is 2.34. The van der Waals surface area contributed by atoms with Gasteiger partial charge >= 0.3 is 0 Å². The van der Waals surface area contributed by atoms with E-state index in [-0.39, 0.29) is 0 Å². The lowest BCUT2D eigenvalue weighted by molar-refractivity contribution is 0.669. The third kappa shape index (κ3) is 4.61. The van der Waals surface area contributed by atoms with E-state index >= 15 is 0 Å². The largest absolute Gasteiger partial charge is 0.456 e. The van der Waals surface area contributed by atoms with Crippen molar-refractivity contribution in [2.75, 3.05) is 4.90 Å². The fraction of sp³-hybridized carbons (Fsp3) is 0. The number of fused-ring (bicyclic) bond motifs is 10. The highest BCUT2D eigenvalue weighted by Crippen LogP contribution is 2.44. The van der Waals surface area contributed by atoms with Gasteiger partial charge in [-0.3, -0.25) is 0 Å². The number of aromatic nitrogens is 1. The zero-order valence-corrected chi connectivity index (χ0v) is 28.8. The summed E-state index contributed by atoms with van der Waals surface area (Å²) in [5.41, 5.74) is 10.9. The van der Waals surface area contributed by atoms with Crippen LogP contribution in [0.25, 0.3) is 82.1 Å². The van der Waals surface area contributed by atoms with Gasteiger partial charge in [-0.15, -0.1) is 0 Å². The van der Waals surface area contributed by atoms with Crippen LogP contribution in [0.2, 0.25) is 0 Å². The second-order valence-electron chi connectivity index (χ2n) is 13.7. The molecule has 0 saturated heterocycles. The van der Waals surface area contributed by atoms with Gasteiger partial charge in [0.2, 0.25) is 0 Å². The number of anilines is 3. The minimum atomic E-state index is 0.871. The van der Waals surface area contributed by atoms with Crippen LogP contribution in [0, 0.1) is 0 Å². The van der Waals surface area contributed by atoms with Gasteiger partial charge < -0.3 is 13.9 Å². The van der Waals surface area contributed by atoms with Crippen LogP contribution in [0.4, 0.5) is 17.1 Å². The molecule has 53 heavy (non-hydrogen) atoms. The van der Waals surface area contributed by atoms with Crippen molar-refractivity contribution in [2.45, 2.75) is 0 Å². The highest BCUT2D eigenvalue weighted by Gasteiger charge is 2.21. The Balaban J connectivity index is 1.17. The number of hydrogen-bond donors (Lipinski definition) is 0. The van der Waals surface area contributed by atoms with Crippen LogP contribution in [0.5, 0.6) is 0 Å². The fourth-order valence-electron chi connectivity index (χ4n) is 8.41. The Bertz CT molecular complexity index is 3170. The van der Waals surface area contributed by atoms with Crippen molar-refractivity contribution in [3.63, 3.8) is 0 Å². The second kappa shape index (κ2) is 11.7. The van der Waals surface area contributed by atoms with Crippen molar-refractivity contribution in [1.82, 2.24) is 4.57 Å². The number of rotatable bonds is 5. The number of para-hydroxylation sites is 2. The van der Waals surface area contributed by atoms with E-state index in [0.29, 0.717) is 0 Å². The predicted octanol–water partition coefficient (Wildman–Crippen LogP) is 14.1. The molecule has 0 saturated carbocycles. The van der Waals surface area contributed by atoms with Gasteiger partial charge in [-0.25, -0.2) is 0 Å². The van der Waals surface area contributed by atoms with Crippen LogP contribution in [0.3, 0.4) is 0 Å². The molecule has 0 N–H and O–H groups in total. The molecule has 2 aromatic heterocycles. The van der Waals surface area contributed by atoms with Crippen LogP contribution in [-0.2, 0) is 0 Å². The number of nitrogens with zero attached hydrogens (tertiary/aromatic N) is 2. The van der Waals surface area contributed by atoms with Gasteiger partial charge in [0.1, 0.15) is 11.2 Å². The van der Waals surface area contributed by atoms with E-state index in [1.165, 1.54) is 49.0 Å². The first kappa shape index (κ1) is 29.6. The van der Waals surface area contributed by atoms with Gasteiger partial charge in [-0.2, -0.15) is 0 Å². The van der Waals surface area contributed by atoms with Gasteiger partial charge in [-0.1, -0.05) is 127 Å². The predicted molar refractivity (Wildman–Crippen MR) is 223 cm³/mol. The standard InChI is InChI=1S/C50H32N2O/c1-3-13-33(14-4-1)39-19-11-12-22-44(39)52-45-29-26-37(31-43(45)49-40-20-9-7-15-34(40)23-28-46(49)52)51(36-17-5-2-6-18-36)38-25-27-42-48(32-38)53-47-30-24-35-16-8-10-21-41(35)50(42)47/h1-32H. The van der Waals surface area contributed by atoms with Crippen LogP contribution in [-0.4, -0.2) is 4.57 Å². The SMILES string of the molecule is c1ccc(-c2ccccc2-n2c3ccc(N(c4ccccc4)c4ccc5c(c4)oc4ccc6ccccc6c45)cc3c3c4ccccc4ccc32)cc1. The summed E-state index contributed by atoms with van der Waals surface area (Å²) in [6, 6.07) is 69.7. The Morgan fingerprint density at radius 2 is 1.00 bits per heavy atom. The molecule has 0 fully saturated rings. The minimum Gasteiger partial charge on any atom is -0.456 e. The second-order valence-corrected chi connectivity index (χ2v) is 13.7. The average molecular weight is 677 g/mol. The van der Waals surface area contributed by atoms with Gasteiger partial charge in [0.05, 0.1) is 16.7 Å². The first-order valence-corrected chi connectivity index (χ1v) is 18.1. The molecule has 0 amide bonds. The first-order valence-electron chi connectivity index (χ1n) is 18.1. The average Bonchev–Trinajstić information content (AvgIpc) is 3.77. The highest BCUT2D eigenvalue weighted by molar-refractivity contribution is 6.22. The van der Waals surface area contributed by atoms with Crippen LogP contribution >= 0.6 is 0 Å². The molecule has 2 heterocycles. The van der Waals surface area contributed by atoms with E-state index in [0.717, 1.165) is 50.2 Å². The van der Waals surface area contributed by atoms with Crippen molar-refractivity contribution in [1.29, 1.82) is 0 Å². The third-order valence-electron chi connectivity index (χ3n) is 10.7. The Hall–Kier alpha value is -7.10. The molecule has 11 aromatic rings. The Labute approximate surface area is 306 Å². The maximum Gasteiger partial charge on any atom is 0.137 e. The van der Waals surface area contributed by atoms with Gasteiger partial charge in [-0.05, 0) is 87.8 Å². The maximum absolute atomic E-state index is 6.57. The molecular weight excluding hydrogens is 645 g/mol. The van der Waals surface area contributed by atoms with Crippen LogP contribution in [0.15, 0.2) is 199 Å². The van der Waals surface area contributed by atoms with Gasteiger partial charge in [0.15, 0.2) is 0 Å². The zero-order valence-electron chi connectivity index (χ0n) is 28.8. The lowest BCUT2D eigenvalue weighted by Crippen LogP contribution is -2.09. The highest BCUT2D eigenvalue weighted by atomic mass is 16.3. The summed E-state index contributed by atoms with van der Waals surface area (Å²) in [5, 5.41) is 9.62. The van der Waals surface area contributed by atoms with E-state index in [2.05, 4.69) is 204 Å². The summed E-state index contributed by atoms with van der Waals surface area (Å²) in [7, 11) is 0. The van der Waals surface area contributed by atoms with Crippen molar-refractivity contribution < 1.29 is 4.42 Å². The molecule has 3 heteroatoms. The van der Waals surface area contributed by atoms with Gasteiger partial charge in [0.25, 0.3) is 0 Å². The molecule has 0 spiro atoms. The smallest absolute Gasteiger partial charge is 0.137 e. The summed E-state index contributed by atoms with van der Waals surface area (Å²) in [6.07, 6.45) is 0. The Morgan fingerprint density at radius 3 is 1.81 bits per heavy atom. The van der Waals surface area contributed by atoms with Gasteiger partial charge in [0, 0.05) is 50.2 Å². The molecule has 3 nitrogen and oxygen atoms in total. The summed E-state index contributed by atoms with van der Waals surface area (Å²) >= 11 is 0. The monoisotopic (exact) mass is 676 g/mol. The Morgan fingerprint density at radius 1 is 0.377 bits per heavy atom. The fourth-order valence-corrected chi connectivity index (χ4v) is 8.41. The molecule has 0 bridgehead atoms. The molecule has 0 aliphatic carbocycles. The van der Waals surface area contributed by atoms with Crippen molar-refractivity contribution in [3.8, 4) is 16.8 Å². The lowest BCUT2D eigenvalue weighted by Gasteiger charge is -2.25. The van der Waals surface area contributed by atoms with Crippen molar-refractivity contribution in [3.05, 3.63) is 194 Å². The number of hydrogen-bond acceptors (Lipinski definition) is 2. The minimum absolute atomic E-state index is 0.871. The quantitative estimate of drug-likeness (QED) is 0.181. The zero-order chi connectivity index (χ0) is 34.9. The molecule has 9 aromatic carbocycles. The summed E-state index contributed by atoms with van der Waals surface area (Å²) < 4.78 is 9.01. The summed E-state index contributed by atoms with van der Waals surface area (Å²) in [6.45, 7) is 0. The van der Waals surface area contributed by atoms with Crippen LogP contribution < -0.4 is 4.90 Å². The van der Waals surface area contributed by atoms with Crippen LogP contribution in [0.1, 0.15) is 0 Å². The summed E-state index contributed by atoms with van der Waals surface area (Å²) in [5.74, 6) is 0. The number of furan rings is 1. The molecule has 11 rings (SSSR count).